The molecule has 1 heterocycles. The highest BCUT2D eigenvalue weighted by Gasteiger charge is 2.16. The van der Waals surface area contributed by atoms with Crippen LogP contribution >= 0.6 is 11.8 Å². The molecular formula is C9H10N2O3S2. The molecule has 2 rings (SSSR count). The number of fused-ring (bicyclic) bond motifs is 1. The van der Waals surface area contributed by atoms with E-state index in [4.69, 9.17) is 5.14 Å². The molecule has 86 valence electrons. The molecule has 7 heteroatoms. The summed E-state index contributed by atoms with van der Waals surface area (Å²) >= 11 is 1.51. The van der Waals surface area contributed by atoms with Crippen molar-refractivity contribution >= 4 is 33.4 Å². The number of rotatable bonds is 1. The van der Waals surface area contributed by atoms with Crippen LogP contribution in [-0.2, 0) is 14.8 Å². The zero-order valence-electron chi connectivity index (χ0n) is 8.26. The van der Waals surface area contributed by atoms with Crippen molar-refractivity contribution in [2.24, 2.45) is 5.14 Å². The predicted molar refractivity (Wildman–Crippen MR) is 61.8 cm³/mol. The van der Waals surface area contributed by atoms with Gasteiger partial charge in [0.15, 0.2) is 0 Å². The number of anilines is 1. The van der Waals surface area contributed by atoms with Crippen molar-refractivity contribution < 1.29 is 13.2 Å². The van der Waals surface area contributed by atoms with Crippen molar-refractivity contribution in [3.05, 3.63) is 18.2 Å². The van der Waals surface area contributed by atoms with Crippen molar-refractivity contribution in [1.82, 2.24) is 0 Å². The fourth-order valence-electron chi connectivity index (χ4n) is 1.38. The summed E-state index contributed by atoms with van der Waals surface area (Å²) in [6.07, 6.45) is 0.421. The van der Waals surface area contributed by atoms with E-state index >= 15 is 0 Å². The molecule has 0 aliphatic carbocycles. The van der Waals surface area contributed by atoms with E-state index in [9.17, 15) is 13.2 Å². The maximum Gasteiger partial charge on any atom is 0.238 e. The summed E-state index contributed by atoms with van der Waals surface area (Å²) in [7, 11) is -3.73. The molecule has 5 nitrogen and oxygen atoms in total. The third-order valence-corrected chi connectivity index (χ3v) is 4.13. The van der Waals surface area contributed by atoms with Crippen molar-refractivity contribution in [1.29, 1.82) is 0 Å². The Balaban J connectivity index is 2.49. The molecule has 3 N–H and O–H groups in total. The summed E-state index contributed by atoms with van der Waals surface area (Å²) in [6.45, 7) is 0. The SMILES string of the molecule is NS(=O)(=O)c1ccc2c(c1)NC(=O)CCS2. The van der Waals surface area contributed by atoms with E-state index in [1.807, 2.05) is 0 Å². The second kappa shape index (κ2) is 4.08. The normalized spacial score (nSPS) is 16.2. The van der Waals surface area contributed by atoms with Gasteiger partial charge in [0, 0.05) is 17.1 Å². The average Bonchev–Trinajstić information content (AvgIpc) is 2.35. The van der Waals surface area contributed by atoms with Gasteiger partial charge in [0.2, 0.25) is 15.9 Å². The molecule has 0 fully saturated rings. The zero-order chi connectivity index (χ0) is 11.8. The van der Waals surface area contributed by atoms with Crippen LogP contribution in [0.4, 0.5) is 5.69 Å². The standard InChI is InChI=1S/C9H10N2O3S2/c10-16(13,14)6-1-2-8-7(5-6)11-9(12)3-4-15-8/h1-2,5H,3-4H2,(H,11,12)(H2,10,13,14). The molecule has 0 radical (unpaired) electrons. The van der Waals surface area contributed by atoms with E-state index in [-0.39, 0.29) is 10.8 Å². The van der Waals surface area contributed by atoms with Crippen LogP contribution in [0.25, 0.3) is 0 Å². The van der Waals surface area contributed by atoms with Crippen molar-refractivity contribution in [3.63, 3.8) is 0 Å². The minimum Gasteiger partial charge on any atom is -0.325 e. The molecule has 0 unspecified atom stereocenters. The smallest absolute Gasteiger partial charge is 0.238 e. The lowest BCUT2D eigenvalue weighted by Gasteiger charge is -2.07. The van der Waals surface area contributed by atoms with Crippen LogP contribution in [0, 0.1) is 0 Å². The number of nitrogens with one attached hydrogen (secondary N) is 1. The number of nitrogens with two attached hydrogens (primary N) is 1. The second-order valence-electron chi connectivity index (χ2n) is 3.35. The molecule has 1 aliphatic rings. The van der Waals surface area contributed by atoms with Crippen LogP contribution in [0.3, 0.4) is 0 Å². The summed E-state index contributed by atoms with van der Waals surface area (Å²) in [5.41, 5.74) is 0.513. The van der Waals surface area contributed by atoms with E-state index in [2.05, 4.69) is 5.32 Å². The Bertz CT molecular complexity index is 540. The van der Waals surface area contributed by atoms with Crippen LogP contribution in [0.15, 0.2) is 28.0 Å². The molecule has 1 aromatic rings. The summed E-state index contributed by atoms with van der Waals surface area (Å²) in [5.74, 6) is 0.575. The lowest BCUT2D eigenvalue weighted by Crippen LogP contribution is -2.14. The number of carbonyl (C=O) groups excluding carboxylic acids is 1. The molecule has 0 atom stereocenters. The maximum absolute atomic E-state index is 11.3. The minimum absolute atomic E-state index is 0.00838. The number of benzene rings is 1. The third kappa shape index (κ3) is 2.37. The Hall–Kier alpha value is -1.05. The number of sulfonamides is 1. The van der Waals surface area contributed by atoms with Gasteiger partial charge in [-0.15, -0.1) is 11.8 Å². The first-order chi connectivity index (χ1) is 7.47. The Labute approximate surface area is 97.5 Å². The van der Waals surface area contributed by atoms with Gasteiger partial charge in [-0.2, -0.15) is 0 Å². The summed E-state index contributed by atoms with van der Waals surface area (Å²) in [6, 6.07) is 4.49. The molecule has 1 amide bonds. The first kappa shape index (κ1) is 11.4. The molecular weight excluding hydrogens is 248 g/mol. The van der Waals surface area contributed by atoms with Gasteiger partial charge < -0.3 is 5.32 Å². The van der Waals surface area contributed by atoms with Gasteiger partial charge in [-0.1, -0.05) is 0 Å². The van der Waals surface area contributed by atoms with Gasteiger partial charge in [-0.05, 0) is 18.2 Å². The van der Waals surface area contributed by atoms with E-state index in [1.165, 1.54) is 23.9 Å². The molecule has 0 saturated carbocycles. The number of thioether (sulfide) groups is 1. The lowest BCUT2D eigenvalue weighted by molar-refractivity contribution is -0.115. The van der Waals surface area contributed by atoms with Gasteiger partial charge in [0.25, 0.3) is 0 Å². The highest BCUT2D eigenvalue weighted by Crippen LogP contribution is 2.32. The fraction of sp³-hybridized carbons (Fsp3) is 0.222. The number of hydrogen-bond acceptors (Lipinski definition) is 4. The first-order valence-electron chi connectivity index (χ1n) is 4.56. The Kier molecular flexibility index (Phi) is 2.92. The molecule has 0 aromatic heterocycles. The zero-order valence-corrected chi connectivity index (χ0v) is 9.90. The highest BCUT2D eigenvalue weighted by atomic mass is 32.2. The van der Waals surface area contributed by atoms with Crippen LogP contribution in [0.5, 0.6) is 0 Å². The Morgan fingerprint density at radius 2 is 2.12 bits per heavy atom. The minimum atomic E-state index is -3.73. The number of carbonyl (C=O) groups is 1. The number of primary sulfonamides is 1. The monoisotopic (exact) mass is 258 g/mol. The molecule has 0 bridgehead atoms. The second-order valence-corrected chi connectivity index (χ2v) is 6.05. The number of amides is 1. The van der Waals surface area contributed by atoms with Gasteiger partial charge in [0.05, 0.1) is 10.6 Å². The summed E-state index contributed by atoms with van der Waals surface area (Å²) in [5, 5.41) is 7.67. The van der Waals surface area contributed by atoms with Gasteiger partial charge in [-0.3, -0.25) is 4.79 Å². The van der Waals surface area contributed by atoms with Gasteiger partial charge >= 0.3 is 0 Å². The molecule has 0 spiro atoms. The summed E-state index contributed by atoms with van der Waals surface area (Å²) < 4.78 is 22.3. The Morgan fingerprint density at radius 1 is 1.38 bits per heavy atom. The van der Waals surface area contributed by atoms with Crippen molar-refractivity contribution in [2.45, 2.75) is 16.2 Å². The third-order valence-electron chi connectivity index (χ3n) is 2.14. The van der Waals surface area contributed by atoms with E-state index in [0.717, 1.165) is 4.90 Å². The van der Waals surface area contributed by atoms with Gasteiger partial charge in [-0.25, -0.2) is 13.6 Å². The van der Waals surface area contributed by atoms with Gasteiger partial charge in [0.1, 0.15) is 0 Å². The Morgan fingerprint density at radius 3 is 2.81 bits per heavy atom. The molecule has 1 aromatic carbocycles. The fourth-order valence-corrected chi connectivity index (χ4v) is 2.85. The van der Waals surface area contributed by atoms with E-state index < -0.39 is 10.0 Å². The topological polar surface area (TPSA) is 89.3 Å². The van der Waals surface area contributed by atoms with Crippen molar-refractivity contribution in [2.75, 3.05) is 11.1 Å². The van der Waals surface area contributed by atoms with Crippen molar-refractivity contribution in [3.8, 4) is 0 Å². The molecule has 16 heavy (non-hydrogen) atoms. The van der Waals surface area contributed by atoms with E-state index in [1.54, 1.807) is 6.07 Å². The van der Waals surface area contributed by atoms with E-state index in [0.29, 0.717) is 17.9 Å². The molecule has 0 saturated heterocycles. The highest BCUT2D eigenvalue weighted by molar-refractivity contribution is 7.99. The molecule has 1 aliphatic heterocycles. The summed E-state index contributed by atoms with van der Waals surface area (Å²) in [4.78, 5) is 12.2. The van der Waals surface area contributed by atoms with Crippen LogP contribution < -0.4 is 10.5 Å². The maximum atomic E-state index is 11.3. The predicted octanol–water partition coefficient (Wildman–Crippen LogP) is 0.768. The largest absolute Gasteiger partial charge is 0.325 e. The quantitative estimate of drug-likeness (QED) is 0.778. The number of hydrogen-bond donors (Lipinski definition) is 2. The average molecular weight is 258 g/mol. The first-order valence-corrected chi connectivity index (χ1v) is 7.09. The van der Waals surface area contributed by atoms with Crippen LogP contribution in [0.2, 0.25) is 0 Å². The lowest BCUT2D eigenvalue weighted by atomic mass is 10.3. The van der Waals surface area contributed by atoms with Crippen LogP contribution in [0.1, 0.15) is 6.42 Å². The van der Waals surface area contributed by atoms with Crippen LogP contribution in [-0.4, -0.2) is 20.1 Å².